The van der Waals surface area contributed by atoms with Crippen molar-refractivity contribution in [3.05, 3.63) is 36.0 Å². The number of hydrogen-bond acceptors (Lipinski definition) is 3. The highest BCUT2D eigenvalue weighted by molar-refractivity contribution is 5.89. The van der Waals surface area contributed by atoms with Gasteiger partial charge in [-0.05, 0) is 24.5 Å². The molecule has 1 unspecified atom stereocenters. The average molecular weight is 345 g/mol. The first-order valence-corrected chi connectivity index (χ1v) is 8.29. The van der Waals surface area contributed by atoms with E-state index in [4.69, 9.17) is 5.11 Å². The Morgan fingerprint density at radius 2 is 1.96 bits per heavy atom. The number of carbonyl (C=O) groups is 3. The number of aliphatic carboxylic acids is 1. The number of rotatable bonds is 9. The predicted molar refractivity (Wildman–Crippen MR) is 94.1 cm³/mol. The Kier molecular flexibility index (Phi) is 6.56. The minimum Gasteiger partial charge on any atom is -0.481 e. The van der Waals surface area contributed by atoms with Crippen molar-refractivity contribution < 1.29 is 19.5 Å². The van der Waals surface area contributed by atoms with Crippen LogP contribution in [0, 0.1) is 0 Å². The number of amides is 2. The molecule has 0 fully saturated rings. The second-order valence-corrected chi connectivity index (χ2v) is 5.96. The first-order valence-electron chi connectivity index (χ1n) is 8.29. The number of H-pyrrole nitrogens is 1. The molecule has 2 amide bonds. The number of carboxylic acid groups (broad SMARTS) is 1. The number of hydrogen-bond donors (Lipinski definition) is 4. The maximum absolute atomic E-state index is 12.4. The van der Waals surface area contributed by atoms with Crippen molar-refractivity contribution in [2.75, 3.05) is 6.54 Å². The zero-order valence-electron chi connectivity index (χ0n) is 14.2. The van der Waals surface area contributed by atoms with Crippen LogP contribution in [0.5, 0.6) is 0 Å². The number of carboxylic acids is 1. The number of aromatic nitrogens is 1. The molecule has 2 aromatic rings. The van der Waals surface area contributed by atoms with Crippen molar-refractivity contribution in [3.8, 4) is 0 Å². The Hall–Kier alpha value is -2.83. The minimum atomic E-state index is -0.846. The summed E-state index contributed by atoms with van der Waals surface area (Å²) in [5, 5.41) is 15.1. The third kappa shape index (κ3) is 5.63. The van der Waals surface area contributed by atoms with Crippen molar-refractivity contribution in [1.82, 2.24) is 15.6 Å². The molecule has 25 heavy (non-hydrogen) atoms. The van der Waals surface area contributed by atoms with Crippen LogP contribution in [0.1, 0.15) is 31.7 Å². The Morgan fingerprint density at radius 3 is 2.68 bits per heavy atom. The fraction of sp³-hybridized carbons (Fsp3) is 0.389. The molecule has 0 saturated carbocycles. The monoisotopic (exact) mass is 345 g/mol. The third-order valence-corrected chi connectivity index (χ3v) is 3.91. The third-order valence-electron chi connectivity index (χ3n) is 3.91. The topological polar surface area (TPSA) is 111 Å². The quantitative estimate of drug-likeness (QED) is 0.517. The minimum absolute atomic E-state index is 0.0837. The Labute approximate surface area is 145 Å². The number of nitrogens with one attached hydrogen (secondary N) is 3. The first kappa shape index (κ1) is 18.5. The number of benzene rings is 1. The predicted octanol–water partition coefficient (Wildman–Crippen LogP) is 1.59. The van der Waals surface area contributed by atoms with E-state index in [9.17, 15) is 14.4 Å². The molecule has 0 aliphatic heterocycles. The highest BCUT2D eigenvalue weighted by Gasteiger charge is 2.21. The molecule has 1 aromatic carbocycles. The van der Waals surface area contributed by atoms with E-state index in [1.165, 1.54) is 6.92 Å². The van der Waals surface area contributed by atoms with Gasteiger partial charge < -0.3 is 20.7 Å². The average Bonchev–Trinajstić information content (AvgIpc) is 2.96. The SMILES string of the molecule is CC(=O)NC(Cc1c[nH]c2ccccc12)C(=O)NCCCCC(=O)O. The molecule has 1 atom stereocenters. The van der Waals surface area contributed by atoms with E-state index in [0.29, 0.717) is 25.8 Å². The summed E-state index contributed by atoms with van der Waals surface area (Å²) in [6.07, 6.45) is 3.39. The van der Waals surface area contributed by atoms with Gasteiger partial charge >= 0.3 is 5.97 Å². The van der Waals surface area contributed by atoms with Gasteiger partial charge in [-0.1, -0.05) is 18.2 Å². The highest BCUT2D eigenvalue weighted by atomic mass is 16.4. The first-order chi connectivity index (χ1) is 12.0. The van der Waals surface area contributed by atoms with Crippen molar-refractivity contribution >= 4 is 28.7 Å². The normalized spacial score (nSPS) is 11.9. The van der Waals surface area contributed by atoms with E-state index in [1.807, 2.05) is 30.5 Å². The van der Waals surface area contributed by atoms with Gasteiger partial charge in [-0.3, -0.25) is 14.4 Å². The van der Waals surface area contributed by atoms with Crippen LogP contribution in [0.15, 0.2) is 30.5 Å². The van der Waals surface area contributed by atoms with Gasteiger partial charge in [-0.2, -0.15) is 0 Å². The van der Waals surface area contributed by atoms with E-state index in [1.54, 1.807) is 0 Å². The molecule has 7 nitrogen and oxygen atoms in total. The van der Waals surface area contributed by atoms with Gasteiger partial charge in [0.15, 0.2) is 0 Å². The Bertz CT molecular complexity index is 754. The highest BCUT2D eigenvalue weighted by Crippen LogP contribution is 2.19. The lowest BCUT2D eigenvalue weighted by Crippen LogP contribution is -2.47. The van der Waals surface area contributed by atoms with E-state index in [0.717, 1.165) is 16.5 Å². The van der Waals surface area contributed by atoms with E-state index >= 15 is 0 Å². The summed E-state index contributed by atoms with van der Waals surface area (Å²) < 4.78 is 0. The lowest BCUT2D eigenvalue weighted by atomic mass is 10.0. The van der Waals surface area contributed by atoms with Gasteiger partial charge in [0.25, 0.3) is 0 Å². The Balaban J connectivity index is 1.97. The molecule has 4 N–H and O–H groups in total. The lowest BCUT2D eigenvalue weighted by Gasteiger charge is -2.17. The summed E-state index contributed by atoms with van der Waals surface area (Å²) in [6.45, 7) is 1.76. The zero-order valence-corrected chi connectivity index (χ0v) is 14.2. The number of aromatic amines is 1. The largest absolute Gasteiger partial charge is 0.481 e. The second kappa shape index (κ2) is 8.86. The van der Waals surface area contributed by atoms with Gasteiger partial charge in [0.2, 0.25) is 11.8 Å². The standard InChI is InChI=1S/C18H23N3O4/c1-12(22)21-16(18(25)19-9-5-4-8-17(23)24)10-13-11-20-15-7-3-2-6-14(13)15/h2-3,6-7,11,16,20H,4-5,8-10H2,1H3,(H,19,25)(H,21,22)(H,23,24). The van der Waals surface area contributed by atoms with Gasteiger partial charge in [-0.25, -0.2) is 0 Å². The molecular weight excluding hydrogens is 322 g/mol. The zero-order chi connectivity index (χ0) is 18.2. The number of unbranched alkanes of at least 4 members (excludes halogenated alkanes) is 1. The molecule has 1 aromatic heterocycles. The summed E-state index contributed by atoms with van der Waals surface area (Å²) in [5.74, 6) is -1.39. The van der Waals surface area contributed by atoms with E-state index < -0.39 is 12.0 Å². The fourth-order valence-corrected chi connectivity index (χ4v) is 2.71. The van der Waals surface area contributed by atoms with Crippen LogP contribution in [0.2, 0.25) is 0 Å². The molecule has 0 aliphatic rings. The molecule has 0 radical (unpaired) electrons. The molecule has 0 aliphatic carbocycles. The van der Waals surface area contributed by atoms with Gasteiger partial charge in [-0.15, -0.1) is 0 Å². The van der Waals surface area contributed by atoms with Crippen LogP contribution in [0.25, 0.3) is 10.9 Å². The van der Waals surface area contributed by atoms with Crippen LogP contribution in [-0.2, 0) is 20.8 Å². The number of fused-ring (bicyclic) bond motifs is 1. The maximum Gasteiger partial charge on any atom is 0.303 e. The Morgan fingerprint density at radius 1 is 1.20 bits per heavy atom. The molecule has 0 bridgehead atoms. The summed E-state index contributed by atoms with van der Waals surface area (Å²) in [7, 11) is 0. The number of para-hydroxylation sites is 1. The van der Waals surface area contributed by atoms with Crippen LogP contribution in [0.4, 0.5) is 0 Å². The number of carbonyl (C=O) groups excluding carboxylic acids is 2. The molecule has 7 heteroatoms. The lowest BCUT2D eigenvalue weighted by molar-refractivity contribution is -0.137. The summed E-state index contributed by atoms with van der Waals surface area (Å²) in [4.78, 5) is 37.5. The summed E-state index contributed by atoms with van der Waals surface area (Å²) in [6, 6.07) is 7.11. The molecule has 134 valence electrons. The van der Waals surface area contributed by atoms with E-state index in [2.05, 4.69) is 15.6 Å². The van der Waals surface area contributed by atoms with Crippen LogP contribution in [-0.4, -0.2) is 40.5 Å². The van der Waals surface area contributed by atoms with E-state index in [-0.39, 0.29) is 18.2 Å². The van der Waals surface area contributed by atoms with Crippen LogP contribution >= 0.6 is 0 Å². The van der Waals surface area contributed by atoms with Crippen molar-refractivity contribution in [1.29, 1.82) is 0 Å². The molecule has 1 heterocycles. The summed E-state index contributed by atoms with van der Waals surface area (Å²) in [5.41, 5.74) is 1.93. The fourth-order valence-electron chi connectivity index (χ4n) is 2.71. The van der Waals surface area contributed by atoms with Crippen LogP contribution in [0.3, 0.4) is 0 Å². The smallest absolute Gasteiger partial charge is 0.303 e. The van der Waals surface area contributed by atoms with Gasteiger partial charge in [0, 0.05) is 43.4 Å². The summed E-state index contributed by atoms with van der Waals surface area (Å²) >= 11 is 0. The van der Waals surface area contributed by atoms with Crippen molar-refractivity contribution in [3.63, 3.8) is 0 Å². The van der Waals surface area contributed by atoms with Crippen molar-refractivity contribution in [2.24, 2.45) is 0 Å². The molecule has 2 rings (SSSR count). The molecule has 0 spiro atoms. The van der Waals surface area contributed by atoms with Crippen LogP contribution < -0.4 is 10.6 Å². The van der Waals surface area contributed by atoms with Gasteiger partial charge in [0.1, 0.15) is 6.04 Å². The molecule has 0 saturated heterocycles. The van der Waals surface area contributed by atoms with Gasteiger partial charge in [0.05, 0.1) is 0 Å². The second-order valence-electron chi connectivity index (χ2n) is 5.96. The molecular formula is C18H23N3O4. The maximum atomic E-state index is 12.4. The van der Waals surface area contributed by atoms with Crippen molar-refractivity contribution in [2.45, 2.75) is 38.6 Å².